The minimum absolute atomic E-state index is 0.167. The molecule has 0 aliphatic heterocycles. The molecule has 9 nitrogen and oxygen atoms in total. The minimum atomic E-state index is -2.63. The monoisotopic (exact) mass is 436 g/mol. The van der Waals surface area contributed by atoms with E-state index in [1.807, 2.05) is 42.5 Å². The molecule has 0 saturated carbocycles. The van der Waals surface area contributed by atoms with Crippen molar-refractivity contribution in [2.75, 3.05) is 26.4 Å². The Morgan fingerprint density at radius 1 is 1.07 bits per heavy atom. The first kappa shape index (κ1) is 23.8. The highest BCUT2D eigenvalue weighted by Crippen LogP contribution is 2.16. The van der Waals surface area contributed by atoms with Crippen LogP contribution in [0.4, 0.5) is 4.79 Å². The number of nitrogens with two attached hydrogens (primary N) is 2. The number of hydrogen-bond acceptors (Lipinski definition) is 8. The van der Waals surface area contributed by atoms with Gasteiger partial charge in [-0.1, -0.05) is 42.5 Å². The maximum atomic E-state index is 12.6. The van der Waals surface area contributed by atoms with Gasteiger partial charge >= 0.3 is 6.09 Å². The maximum absolute atomic E-state index is 12.6. The normalized spacial score (nSPS) is 12.8. The van der Waals surface area contributed by atoms with Crippen molar-refractivity contribution in [3.05, 3.63) is 65.7 Å². The number of carbonyl (C=O) groups is 1. The van der Waals surface area contributed by atoms with E-state index >= 15 is 0 Å². The molecule has 2 atom stereocenters. The molecule has 0 aromatic heterocycles. The number of amides is 1. The molecule has 0 aliphatic carbocycles. The molecule has 0 heterocycles. The number of carbonyl (C=O) groups excluding carboxylic acids is 1. The van der Waals surface area contributed by atoms with Crippen LogP contribution >= 0.6 is 0 Å². The van der Waals surface area contributed by atoms with Gasteiger partial charge in [-0.15, -0.1) is 0 Å². The van der Waals surface area contributed by atoms with Crippen molar-refractivity contribution in [2.45, 2.75) is 19.1 Å². The highest BCUT2D eigenvalue weighted by atomic mass is 32.2. The van der Waals surface area contributed by atoms with Crippen LogP contribution in [0.25, 0.3) is 0 Å². The summed E-state index contributed by atoms with van der Waals surface area (Å²) < 4.78 is 35.6. The first-order chi connectivity index (χ1) is 14.5. The summed E-state index contributed by atoms with van der Waals surface area (Å²) >= 11 is -2.63. The second kappa shape index (κ2) is 12.9. The molecule has 0 saturated heterocycles. The molecule has 2 aromatic rings. The van der Waals surface area contributed by atoms with Gasteiger partial charge in [0, 0.05) is 19.6 Å². The Morgan fingerprint density at radius 2 is 1.77 bits per heavy atom. The maximum Gasteiger partial charge on any atom is 0.410 e. The fraction of sp³-hybridized carbons (Fsp3) is 0.350. The Labute approximate surface area is 178 Å². The van der Waals surface area contributed by atoms with Gasteiger partial charge in [-0.25, -0.2) is 9.00 Å². The lowest BCUT2D eigenvalue weighted by molar-refractivity contribution is 0.0825. The first-order valence-corrected chi connectivity index (χ1v) is 10.3. The lowest BCUT2D eigenvalue weighted by Crippen LogP contribution is -2.48. The van der Waals surface area contributed by atoms with Crippen molar-refractivity contribution in [2.24, 2.45) is 11.5 Å². The minimum Gasteiger partial charge on any atom is -0.750 e. The van der Waals surface area contributed by atoms with Crippen LogP contribution < -0.4 is 16.2 Å². The van der Waals surface area contributed by atoms with Crippen molar-refractivity contribution in [3.63, 3.8) is 0 Å². The van der Waals surface area contributed by atoms with Gasteiger partial charge in [-0.2, -0.15) is 0 Å². The van der Waals surface area contributed by atoms with Gasteiger partial charge in [0.05, 0.1) is 17.4 Å². The molecule has 0 aliphatic rings. The zero-order valence-electron chi connectivity index (χ0n) is 16.5. The topological polar surface area (TPSA) is 140 Å². The lowest BCUT2D eigenvalue weighted by Gasteiger charge is -2.30. The van der Waals surface area contributed by atoms with Crippen LogP contribution in [-0.2, 0) is 33.3 Å². The molecule has 164 valence electrons. The fourth-order valence-electron chi connectivity index (χ4n) is 2.81. The number of benzene rings is 2. The number of ether oxygens (including phenoxy) is 2. The van der Waals surface area contributed by atoms with E-state index in [1.165, 1.54) is 0 Å². The van der Waals surface area contributed by atoms with Gasteiger partial charge < -0.3 is 30.4 Å². The zero-order valence-corrected chi connectivity index (χ0v) is 17.3. The summed E-state index contributed by atoms with van der Waals surface area (Å²) in [6.07, 6.45) is 0.0284. The first-order valence-electron chi connectivity index (χ1n) is 9.35. The summed E-state index contributed by atoms with van der Waals surface area (Å²) in [4.78, 5) is 14.2. The van der Waals surface area contributed by atoms with Crippen LogP contribution in [0.15, 0.2) is 54.6 Å². The van der Waals surface area contributed by atoms with Crippen LogP contribution in [-0.4, -0.2) is 52.2 Å². The molecule has 0 radical (unpaired) electrons. The molecule has 30 heavy (non-hydrogen) atoms. The Balaban J connectivity index is 1.96. The molecule has 0 bridgehead atoms. The molecule has 2 aromatic carbocycles. The van der Waals surface area contributed by atoms with Gasteiger partial charge in [-0.3, -0.25) is 4.18 Å². The summed E-state index contributed by atoms with van der Waals surface area (Å²) in [7, 11) is 0. The van der Waals surface area contributed by atoms with E-state index in [-0.39, 0.29) is 25.7 Å². The number of nitrogens with zero attached hydrogens (tertiary/aromatic N) is 1. The Morgan fingerprint density at radius 3 is 2.37 bits per heavy atom. The van der Waals surface area contributed by atoms with Gasteiger partial charge in [0.15, 0.2) is 0 Å². The van der Waals surface area contributed by atoms with Gasteiger partial charge in [0.25, 0.3) is 0 Å². The summed E-state index contributed by atoms with van der Waals surface area (Å²) in [5, 5.41) is 0. The second-order valence-electron chi connectivity index (χ2n) is 6.34. The number of rotatable bonds is 12. The molecular weight excluding hydrogens is 410 g/mol. The highest BCUT2D eigenvalue weighted by molar-refractivity contribution is 7.74. The lowest BCUT2D eigenvalue weighted by atomic mass is 10.0. The van der Waals surface area contributed by atoms with Crippen molar-refractivity contribution in [1.82, 2.24) is 4.90 Å². The van der Waals surface area contributed by atoms with E-state index in [9.17, 15) is 13.6 Å². The predicted molar refractivity (Wildman–Crippen MR) is 111 cm³/mol. The van der Waals surface area contributed by atoms with Crippen molar-refractivity contribution < 1.29 is 27.2 Å². The van der Waals surface area contributed by atoms with Gasteiger partial charge in [-0.05, 0) is 29.7 Å². The quantitative estimate of drug-likeness (QED) is 0.375. The van der Waals surface area contributed by atoms with E-state index < -0.39 is 24.2 Å². The van der Waals surface area contributed by atoms with E-state index in [4.69, 9.17) is 20.9 Å². The third-order valence-electron chi connectivity index (χ3n) is 4.29. The van der Waals surface area contributed by atoms with Crippen LogP contribution in [0.2, 0.25) is 0 Å². The van der Waals surface area contributed by atoms with Crippen LogP contribution in [0, 0.1) is 0 Å². The SMILES string of the molecule is NCCN(C(=O)OCc1ccccc1)[C@H](CN)Cc1ccc(OCOS(=O)[O-])cc1. The molecular formula is C20H26N3O6S-. The smallest absolute Gasteiger partial charge is 0.410 e. The highest BCUT2D eigenvalue weighted by Gasteiger charge is 2.24. The van der Waals surface area contributed by atoms with Crippen LogP contribution in [0.1, 0.15) is 11.1 Å². The van der Waals surface area contributed by atoms with Crippen molar-refractivity contribution >= 4 is 17.5 Å². The molecule has 1 unspecified atom stereocenters. The van der Waals surface area contributed by atoms with E-state index in [1.54, 1.807) is 17.0 Å². The van der Waals surface area contributed by atoms with Crippen LogP contribution in [0.3, 0.4) is 0 Å². The Hall–Kier alpha value is -2.50. The Bertz CT molecular complexity index is 791. The zero-order chi connectivity index (χ0) is 21.8. The van der Waals surface area contributed by atoms with Crippen molar-refractivity contribution in [1.29, 1.82) is 0 Å². The van der Waals surface area contributed by atoms with E-state index in [0.717, 1.165) is 11.1 Å². The molecule has 2 rings (SSSR count). The average Bonchev–Trinajstić information content (AvgIpc) is 2.76. The predicted octanol–water partition coefficient (Wildman–Crippen LogP) is 1.30. The van der Waals surface area contributed by atoms with Gasteiger partial charge in [0.1, 0.15) is 12.4 Å². The summed E-state index contributed by atoms with van der Waals surface area (Å²) in [5.74, 6) is 0.453. The summed E-state index contributed by atoms with van der Waals surface area (Å²) in [6, 6.07) is 16.1. The van der Waals surface area contributed by atoms with E-state index in [2.05, 4.69) is 4.18 Å². The standard InChI is InChI=1S/C20H27N3O6S/c21-10-11-23(20(24)27-14-17-4-2-1-3-5-17)18(13-22)12-16-6-8-19(9-7-16)28-15-29-30(25)26/h1-9,18H,10-15,21-22H2,(H,25,26)/p-1/t18-/m0/s1. The second-order valence-corrected chi connectivity index (χ2v) is 6.99. The third-order valence-corrected chi connectivity index (χ3v) is 4.58. The molecule has 10 heteroatoms. The van der Waals surface area contributed by atoms with Gasteiger partial charge in [0.2, 0.25) is 6.79 Å². The molecule has 4 N–H and O–H groups in total. The number of hydrogen-bond donors (Lipinski definition) is 2. The molecule has 0 spiro atoms. The molecule has 1 amide bonds. The van der Waals surface area contributed by atoms with E-state index in [0.29, 0.717) is 18.7 Å². The van der Waals surface area contributed by atoms with Crippen LogP contribution in [0.5, 0.6) is 5.75 Å². The van der Waals surface area contributed by atoms with Crippen molar-refractivity contribution in [3.8, 4) is 5.75 Å². The average molecular weight is 437 g/mol. The largest absolute Gasteiger partial charge is 0.750 e. The summed E-state index contributed by atoms with van der Waals surface area (Å²) in [5.41, 5.74) is 13.4. The Kier molecular flexibility index (Phi) is 10.3. The fourth-order valence-corrected chi connectivity index (χ4v) is 2.94. The third kappa shape index (κ3) is 8.09. The summed E-state index contributed by atoms with van der Waals surface area (Å²) in [6.45, 7) is 0.603. The molecule has 0 fully saturated rings.